The molecule has 2 rings (SSSR count). The molecule has 1 fully saturated rings. The standard InChI is InChI=1S/C11H18ClN3O2S2/c1-2-5-15-6-3-9(4-7-15)14-19(16,17)10-8-13-11(12)18-10/h8-9,14H,2-7H2,1H3. The minimum absolute atomic E-state index is 0.0129. The summed E-state index contributed by atoms with van der Waals surface area (Å²) in [5.41, 5.74) is 0. The van der Waals surface area contributed by atoms with E-state index in [9.17, 15) is 8.42 Å². The average molecular weight is 324 g/mol. The summed E-state index contributed by atoms with van der Waals surface area (Å²) in [6, 6.07) is 0.0129. The average Bonchev–Trinajstić information content (AvgIpc) is 2.79. The summed E-state index contributed by atoms with van der Waals surface area (Å²) in [6.07, 6.45) is 4.15. The number of piperidine rings is 1. The van der Waals surface area contributed by atoms with Crippen molar-refractivity contribution in [1.29, 1.82) is 0 Å². The van der Waals surface area contributed by atoms with Crippen LogP contribution in [-0.4, -0.2) is 44.0 Å². The van der Waals surface area contributed by atoms with E-state index in [2.05, 4.69) is 21.5 Å². The summed E-state index contributed by atoms with van der Waals surface area (Å²) in [5, 5.41) is 0. The third kappa shape index (κ3) is 4.13. The normalized spacial score (nSPS) is 18.8. The van der Waals surface area contributed by atoms with Crippen LogP contribution < -0.4 is 4.72 Å². The van der Waals surface area contributed by atoms with Gasteiger partial charge in [-0.05, 0) is 38.9 Å². The highest BCUT2D eigenvalue weighted by atomic mass is 35.5. The molecule has 0 bridgehead atoms. The van der Waals surface area contributed by atoms with Crippen molar-refractivity contribution in [3.63, 3.8) is 0 Å². The number of hydrogen-bond acceptors (Lipinski definition) is 5. The van der Waals surface area contributed by atoms with Crippen LogP contribution in [0.3, 0.4) is 0 Å². The van der Waals surface area contributed by atoms with Gasteiger partial charge in [0, 0.05) is 6.04 Å². The third-order valence-electron chi connectivity index (χ3n) is 3.17. The molecule has 1 aliphatic heterocycles. The maximum Gasteiger partial charge on any atom is 0.251 e. The number of thiazole rings is 1. The fourth-order valence-corrected chi connectivity index (χ4v) is 4.85. The number of nitrogens with zero attached hydrogens (tertiary/aromatic N) is 2. The molecule has 0 aliphatic carbocycles. The van der Waals surface area contributed by atoms with Gasteiger partial charge in [-0.25, -0.2) is 18.1 Å². The Hall–Kier alpha value is -0.210. The maximum atomic E-state index is 12.1. The van der Waals surface area contributed by atoms with Crippen molar-refractivity contribution in [3.8, 4) is 0 Å². The highest BCUT2D eigenvalue weighted by Crippen LogP contribution is 2.23. The number of halogens is 1. The lowest BCUT2D eigenvalue weighted by Gasteiger charge is -2.31. The Bertz CT molecular complexity index is 510. The van der Waals surface area contributed by atoms with Crippen molar-refractivity contribution in [2.24, 2.45) is 0 Å². The molecule has 0 atom stereocenters. The number of nitrogens with one attached hydrogen (secondary N) is 1. The topological polar surface area (TPSA) is 62.3 Å². The zero-order chi connectivity index (χ0) is 13.9. The van der Waals surface area contributed by atoms with Gasteiger partial charge < -0.3 is 4.90 Å². The molecule has 108 valence electrons. The van der Waals surface area contributed by atoms with Crippen molar-refractivity contribution in [1.82, 2.24) is 14.6 Å². The first-order chi connectivity index (χ1) is 9.01. The monoisotopic (exact) mass is 323 g/mol. The Balaban J connectivity index is 1.92. The molecule has 1 aromatic heterocycles. The molecule has 8 heteroatoms. The molecule has 1 saturated heterocycles. The Kier molecular flexibility index (Phi) is 5.19. The van der Waals surface area contributed by atoms with Crippen LogP contribution in [-0.2, 0) is 10.0 Å². The minimum Gasteiger partial charge on any atom is -0.303 e. The predicted octanol–water partition coefficient (Wildman–Crippen LogP) is 1.95. The second-order valence-corrected chi connectivity index (χ2v) is 8.22. The van der Waals surface area contributed by atoms with Crippen molar-refractivity contribution < 1.29 is 8.42 Å². The molecule has 0 spiro atoms. The third-order valence-corrected chi connectivity index (χ3v) is 6.27. The van der Waals surface area contributed by atoms with Gasteiger partial charge >= 0.3 is 0 Å². The van der Waals surface area contributed by atoms with E-state index in [4.69, 9.17) is 11.6 Å². The predicted molar refractivity (Wildman–Crippen MR) is 77.2 cm³/mol. The lowest BCUT2D eigenvalue weighted by molar-refractivity contribution is 0.208. The van der Waals surface area contributed by atoms with Crippen molar-refractivity contribution >= 4 is 33.0 Å². The fraction of sp³-hybridized carbons (Fsp3) is 0.727. The van der Waals surface area contributed by atoms with Gasteiger partial charge in [0.25, 0.3) is 10.0 Å². The Labute approximate surface area is 123 Å². The van der Waals surface area contributed by atoms with E-state index < -0.39 is 10.0 Å². The largest absolute Gasteiger partial charge is 0.303 e. The van der Waals surface area contributed by atoms with Crippen molar-refractivity contribution in [2.45, 2.75) is 36.4 Å². The van der Waals surface area contributed by atoms with E-state index in [0.717, 1.165) is 50.2 Å². The summed E-state index contributed by atoms with van der Waals surface area (Å²) in [6.45, 7) is 5.14. The number of hydrogen-bond donors (Lipinski definition) is 1. The number of aromatic nitrogens is 1. The van der Waals surface area contributed by atoms with Gasteiger partial charge in [-0.15, -0.1) is 0 Å². The van der Waals surface area contributed by atoms with Gasteiger partial charge in [-0.3, -0.25) is 0 Å². The first kappa shape index (κ1) is 15.2. The molecule has 0 saturated carbocycles. The second-order valence-electron chi connectivity index (χ2n) is 4.67. The van der Waals surface area contributed by atoms with Gasteiger partial charge in [0.15, 0.2) is 8.68 Å². The second kappa shape index (κ2) is 6.49. The van der Waals surface area contributed by atoms with Crippen LogP contribution >= 0.6 is 22.9 Å². The molecule has 0 amide bonds. The first-order valence-electron chi connectivity index (χ1n) is 6.37. The zero-order valence-corrected chi connectivity index (χ0v) is 13.2. The quantitative estimate of drug-likeness (QED) is 0.899. The van der Waals surface area contributed by atoms with E-state index in [-0.39, 0.29) is 14.7 Å². The summed E-state index contributed by atoms with van der Waals surface area (Å²) in [4.78, 5) is 6.14. The van der Waals surface area contributed by atoms with E-state index in [1.165, 1.54) is 6.20 Å². The van der Waals surface area contributed by atoms with Crippen LogP contribution in [0.4, 0.5) is 0 Å². The lowest BCUT2D eigenvalue weighted by Crippen LogP contribution is -2.44. The van der Waals surface area contributed by atoms with Crippen LogP contribution in [0.15, 0.2) is 10.4 Å². The zero-order valence-electron chi connectivity index (χ0n) is 10.8. The Morgan fingerprint density at radius 2 is 2.21 bits per heavy atom. The molecule has 2 heterocycles. The first-order valence-corrected chi connectivity index (χ1v) is 9.05. The van der Waals surface area contributed by atoms with E-state index in [1.807, 2.05) is 0 Å². The van der Waals surface area contributed by atoms with Gasteiger partial charge in [-0.2, -0.15) is 0 Å². The molecule has 0 unspecified atom stereocenters. The van der Waals surface area contributed by atoms with Crippen LogP contribution in [0.2, 0.25) is 4.47 Å². The number of likely N-dealkylation sites (tertiary alicyclic amines) is 1. The summed E-state index contributed by atoms with van der Waals surface area (Å²) < 4.78 is 27.4. The molecule has 0 radical (unpaired) electrons. The number of rotatable bonds is 5. The molecule has 5 nitrogen and oxygen atoms in total. The molecular weight excluding hydrogens is 306 g/mol. The van der Waals surface area contributed by atoms with Gasteiger partial charge in [0.05, 0.1) is 6.20 Å². The highest BCUT2D eigenvalue weighted by Gasteiger charge is 2.25. The van der Waals surface area contributed by atoms with Gasteiger partial charge in [0.1, 0.15) is 0 Å². The van der Waals surface area contributed by atoms with Crippen LogP contribution in [0.1, 0.15) is 26.2 Å². The fourth-order valence-electron chi connectivity index (χ4n) is 2.23. The van der Waals surface area contributed by atoms with Crippen LogP contribution in [0.25, 0.3) is 0 Å². The van der Waals surface area contributed by atoms with E-state index >= 15 is 0 Å². The minimum atomic E-state index is -3.47. The summed E-state index contributed by atoms with van der Waals surface area (Å²) >= 11 is 6.66. The van der Waals surface area contributed by atoms with Gasteiger partial charge in [0.2, 0.25) is 0 Å². The highest BCUT2D eigenvalue weighted by molar-refractivity contribution is 7.91. The Morgan fingerprint density at radius 3 is 2.74 bits per heavy atom. The van der Waals surface area contributed by atoms with E-state index in [0.29, 0.717) is 0 Å². The molecular formula is C11H18ClN3O2S2. The molecule has 1 aliphatic rings. The molecule has 0 aromatic carbocycles. The van der Waals surface area contributed by atoms with Gasteiger partial charge in [-0.1, -0.05) is 29.9 Å². The Morgan fingerprint density at radius 1 is 1.53 bits per heavy atom. The van der Waals surface area contributed by atoms with Crippen molar-refractivity contribution in [3.05, 3.63) is 10.7 Å². The molecule has 1 N–H and O–H groups in total. The molecule has 19 heavy (non-hydrogen) atoms. The lowest BCUT2D eigenvalue weighted by atomic mass is 10.1. The number of sulfonamides is 1. The molecule has 1 aromatic rings. The van der Waals surface area contributed by atoms with Crippen LogP contribution in [0, 0.1) is 0 Å². The van der Waals surface area contributed by atoms with Crippen LogP contribution in [0.5, 0.6) is 0 Å². The smallest absolute Gasteiger partial charge is 0.251 e. The summed E-state index contributed by atoms with van der Waals surface area (Å²) in [7, 11) is -3.47. The maximum absolute atomic E-state index is 12.1. The van der Waals surface area contributed by atoms with Crippen molar-refractivity contribution in [2.75, 3.05) is 19.6 Å². The van der Waals surface area contributed by atoms with E-state index in [1.54, 1.807) is 0 Å². The summed E-state index contributed by atoms with van der Waals surface area (Å²) in [5.74, 6) is 0. The SMILES string of the molecule is CCCN1CCC(NS(=O)(=O)c2cnc(Cl)s2)CC1.